The van der Waals surface area contributed by atoms with Crippen molar-refractivity contribution >= 4 is 29.3 Å². The zero-order valence-corrected chi connectivity index (χ0v) is 16.7. The van der Waals surface area contributed by atoms with Crippen LogP contribution < -0.4 is 10.6 Å². The fourth-order valence-corrected chi connectivity index (χ4v) is 3.28. The smallest absolute Gasteiger partial charge is 0.251 e. The normalized spacial score (nSPS) is 13.3. The molecule has 1 fully saturated rings. The quantitative estimate of drug-likeness (QED) is 0.565. The van der Waals surface area contributed by atoms with E-state index in [0.29, 0.717) is 30.1 Å². The summed E-state index contributed by atoms with van der Waals surface area (Å²) < 4.78 is 0. The van der Waals surface area contributed by atoms with Crippen LogP contribution in [0, 0.1) is 13.8 Å². The Hall–Kier alpha value is -2.41. The number of thioether (sulfide) groups is 1. The predicted octanol–water partition coefficient (Wildman–Crippen LogP) is 3.28. The van der Waals surface area contributed by atoms with E-state index in [2.05, 4.69) is 20.6 Å². The van der Waals surface area contributed by atoms with E-state index in [0.717, 1.165) is 34.9 Å². The SMILES string of the molecule is CSc1nc(C)c(CCC(=O)Nc2ccc(C(=O)NC3CC3)cc2)c(C)n1. The molecule has 1 aromatic heterocycles. The molecule has 0 aliphatic heterocycles. The zero-order chi connectivity index (χ0) is 19.4. The van der Waals surface area contributed by atoms with Gasteiger partial charge in [-0.25, -0.2) is 9.97 Å². The number of amides is 2. The van der Waals surface area contributed by atoms with Crippen LogP contribution in [0.4, 0.5) is 5.69 Å². The van der Waals surface area contributed by atoms with Gasteiger partial charge in [-0.15, -0.1) is 0 Å². The average Bonchev–Trinajstić information content (AvgIpc) is 3.45. The first-order valence-electron chi connectivity index (χ1n) is 9.05. The highest BCUT2D eigenvalue weighted by molar-refractivity contribution is 7.98. The minimum Gasteiger partial charge on any atom is -0.349 e. The molecule has 0 bridgehead atoms. The number of hydrogen-bond acceptors (Lipinski definition) is 5. The largest absolute Gasteiger partial charge is 0.349 e. The lowest BCUT2D eigenvalue weighted by Gasteiger charge is -2.10. The topological polar surface area (TPSA) is 84.0 Å². The number of hydrogen-bond donors (Lipinski definition) is 2. The molecule has 1 aliphatic rings. The minimum absolute atomic E-state index is 0.0602. The fourth-order valence-electron chi connectivity index (χ4n) is 2.83. The maximum absolute atomic E-state index is 12.3. The molecule has 2 amide bonds. The van der Waals surface area contributed by atoms with E-state index >= 15 is 0 Å². The summed E-state index contributed by atoms with van der Waals surface area (Å²) in [7, 11) is 0. The van der Waals surface area contributed by atoms with Gasteiger partial charge in [0.2, 0.25) is 5.91 Å². The second-order valence-electron chi connectivity index (χ2n) is 6.73. The zero-order valence-electron chi connectivity index (χ0n) is 15.8. The molecule has 6 nitrogen and oxygen atoms in total. The molecule has 1 aromatic carbocycles. The highest BCUT2D eigenvalue weighted by Gasteiger charge is 2.23. The van der Waals surface area contributed by atoms with Gasteiger partial charge in [-0.3, -0.25) is 9.59 Å². The van der Waals surface area contributed by atoms with Crippen LogP contribution in [0.5, 0.6) is 0 Å². The molecular weight excluding hydrogens is 360 g/mol. The van der Waals surface area contributed by atoms with Crippen LogP contribution >= 0.6 is 11.8 Å². The second-order valence-corrected chi connectivity index (χ2v) is 7.51. The molecule has 3 rings (SSSR count). The van der Waals surface area contributed by atoms with Crippen molar-refractivity contribution in [2.45, 2.75) is 50.7 Å². The van der Waals surface area contributed by atoms with Crippen LogP contribution in [-0.4, -0.2) is 34.1 Å². The van der Waals surface area contributed by atoms with E-state index in [9.17, 15) is 9.59 Å². The Morgan fingerprint density at radius 3 is 2.30 bits per heavy atom. The van der Waals surface area contributed by atoms with Crippen molar-refractivity contribution in [2.24, 2.45) is 0 Å². The van der Waals surface area contributed by atoms with Crippen molar-refractivity contribution in [3.63, 3.8) is 0 Å². The van der Waals surface area contributed by atoms with Gasteiger partial charge in [0.05, 0.1) is 0 Å². The molecule has 0 atom stereocenters. The minimum atomic E-state index is -0.0714. The summed E-state index contributed by atoms with van der Waals surface area (Å²) in [5, 5.41) is 6.58. The molecule has 2 N–H and O–H groups in total. The maximum atomic E-state index is 12.3. The number of carbonyl (C=O) groups is 2. The Bertz CT molecular complexity index is 825. The molecule has 142 valence electrons. The lowest BCUT2D eigenvalue weighted by molar-refractivity contribution is -0.116. The molecule has 0 spiro atoms. The third-order valence-corrected chi connectivity index (χ3v) is 5.08. The van der Waals surface area contributed by atoms with Gasteiger partial charge in [-0.2, -0.15) is 0 Å². The first-order chi connectivity index (χ1) is 13.0. The summed E-state index contributed by atoms with van der Waals surface area (Å²) in [6.07, 6.45) is 5.02. The number of aryl methyl sites for hydroxylation is 2. The molecule has 1 heterocycles. The molecule has 0 unspecified atom stereocenters. The van der Waals surface area contributed by atoms with Crippen molar-refractivity contribution in [1.29, 1.82) is 0 Å². The third-order valence-electron chi connectivity index (χ3n) is 4.53. The number of nitrogens with one attached hydrogen (secondary N) is 2. The van der Waals surface area contributed by atoms with Crippen LogP contribution in [0.1, 0.15) is 46.6 Å². The van der Waals surface area contributed by atoms with Gasteiger partial charge >= 0.3 is 0 Å². The molecule has 27 heavy (non-hydrogen) atoms. The van der Waals surface area contributed by atoms with E-state index in [-0.39, 0.29) is 11.8 Å². The maximum Gasteiger partial charge on any atom is 0.251 e. The lowest BCUT2D eigenvalue weighted by atomic mass is 10.1. The van der Waals surface area contributed by atoms with Crippen molar-refractivity contribution < 1.29 is 9.59 Å². The van der Waals surface area contributed by atoms with Crippen molar-refractivity contribution in [1.82, 2.24) is 15.3 Å². The van der Waals surface area contributed by atoms with Gasteiger partial charge in [0.25, 0.3) is 5.91 Å². The van der Waals surface area contributed by atoms with Crippen LogP contribution in [-0.2, 0) is 11.2 Å². The molecule has 0 radical (unpaired) electrons. The van der Waals surface area contributed by atoms with E-state index in [4.69, 9.17) is 0 Å². The molecule has 2 aromatic rings. The van der Waals surface area contributed by atoms with E-state index in [1.54, 1.807) is 24.3 Å². The Kier molecular flexibility index (Phi) is 6.11. The van der Waals surface area contributed by atoms with Gasteiger partial charge in [0, 0.05) is 35.1 Å². The molecular formula is C20H24N4O2S. The first-order valence-corrected chi connectivity index (χ1v) is 10.3. The molecule has 7 heteroatoms. The van der Waals surface area contributed by atoms with E-state index in [1.807, 2.05) is 20.1 Å². The summed E-state index contributed by atoms with van der Waals surface area (Å²) >= 11 is 1.51. The highest BCUT2D eigenvalue weighted by Crippen LogP contribution is 2.20. The van der Waals surface area contributed by atoms with Crippen LogP contribution in [0.15, 0.2) is 29.4 Å². The van der Waals surface area contributed by atoms with Gasteiger partial charge in [0.1, 0.15) is 0 Å². The summed E-state index contributed by atoms with van der Waals surface area (Å²) in [6, 6.07) is 7.31. The Balaban J connectivity index is 1.54. The second kappa shape index (κ2) is 8.52. The standard InChI is InChI=1S/C20H24N4O2S/c1-12-17(13(2)22-20(21-12)27-3)10-11-18(25)23-15-6-4-14(5-7-15)19(26)24-16-8-9-16/h4-7,16H,8-11H2,1-3H3,(H,23,25)(H,24,26). The van der Waals surface area contributed by atoms with Gasteiger partial charge < -0.3 is 10.6 Å². The first kappa shape index (κ1) is 19.4. The van der Waals surface area contributed by atoms with E-state index in [1.165, 1.54) is 11.8 Å². The Labute approximate surface area is 163 Å². The predicted molar refractivity (Wildman–Crippen MR) is 107 cm³/mol. The molecule has 1 aliphatic carbocycles. The van der Waals surface area contributed by atoms with Crippen LogP contribution in [0.25, 0.3) is 0 Å². The number of carbonyl (C=O) groups excluding carboxylic acids is 2. The fraction of sp³-hybridized carbons (Fsp3) is 0.400. The summed E-state index contributed by atoms with van der Waals surface area (Å²) in [5.41, 5.74) is 4.16. The number of aromatic nitrogens is 2. The number of rotatable bonds is 7. The Morgan fingerprint density at radius 2 is 1.74 bits per heavy atom. The highest BCUT2D eigenvalue weighted by atomic mass is 32.2. The van der Waals surface area contributed by atoms with Crippen molar-refractivity contribution in [3.8, 4) is 0 Å². The Morgan fingerprint density at radius 1 is 1.11 bits per heavy atom. The molecule has 1 saturated carbocycles. The summed E-state index contributed by atoms with van der Waals surface area (Å²) in [4.78, 5) is 33.1. The van der Waals surface area contributed by atoms with E-state index < -0.39 is 0 Å². The average molecular weight is 385 g/mol. The number of nitrogens with zero attached hydrogens (tertiary/aromatic N) is 2. The van der Waals surface area contributed by atoms with Crippen molar-refractivity contribution in [3.05, 3.63) is 46.8 Å². The van der Waals surface area contributed by atoms with Crippen LogP contribution in [0.2, 0.25) is 0 Å². The van der Waals surface area contributed by atoms with Gasteiger partial charge in [-0.1, -0.05) is 11.8 Å². The molecule has 0 saturated heterocycles. The van der Waals surface area contributed by atoms with Gasteiger partial charge in [-0.05, 0) is 69.2 Å². The van der Waals surface area contributed by atoms with Crippen molar-refractivity contribution in [2.75, 3.05) is 11.6 Å². The number of anilines is 1. The van der Waals surface area contributed by atoms with Crippen LogP contribution in [0.3, 0.4) is 0 Å². The van der Waals surface area contributed by atoms with Gasteiger partial charge in [0.15, 0.2) is 5.16 Å². The monoisotopic (exact) mass is 384 g/mol. The summed E-state index contributed by atoms with van der Waals surface area (Å²) in [6.45, 7) is 3.90. The third kappa shape index (κ3) is 5.29. The number of benzene rings is 1. The summed E-state index contributed by atoms with van der Waals surface area (Å²) in [5.74, 6) is -0.132. The lowest BCUT2D eigenvalue weighted by Crippen LogP contribution is -2.25.